The van der Waals surface area contributed by atoms with Crippen LogP contribution in [-0.2, 0) is 16.1 Å². The molecular weight excluding hydrogens is 455 g/mol. The van der Waals surface area contributed by atoms with Gasteiger partial charge in [-0.05, 0) is 31.5 Å². The van der Waals surface area contributed by atoms with Crippen LogP contribution in [0.25, 0.3) is 0 Å². The third-order valence-corrected chi connectivity index (χ3v) is 4.92. The van der Waals surface area contributed by atoms with Crippen LogP contribution in [-0.4, -0.2) is 69.1 Å². The van der Waals surface area contributed by atoms with Gasteiger partial charge in [-0.2, -0.15) is 0 Å². The van der Waals surface area contributed by atoms with Gasteiger partial charge >= 0.3 is 5.97 Å². The van der Waals surface area contributed by atoms with E-state index in [0.29, 0.717) is 6.54 Å². The van der Waals surface area contributed by atoms with Gasteiger partial charge in [0, 0.05) is 33.2 Å². The zero-order valence-electron chi connectivity index (χ0n) is 16.9. The fourth-order valence-corrected chi connectivity index (χ4v) is 3.45. The van der Waals surface area contributed by atoms with Crippen molar-refractivity contribution >= 4 is 35.9 Å². The van der Waals surface area contributed by atoms with E-state index in [2.05, 4.69) is 58.3 Å². The van der Waals surface area contributed by atoms with Gasteiger partial charge in [-0.3, -0.25) is 9.79 Å². The van der Waals surface area contributed by atoms with E-state index in [-0.39, 0.29) is 41.8 Å². The topological polar surface area (TPSA) is 57.2 Å². The van der Waals surface area contributed by atoms with Gasteiger partial charge < -0.3 is 19.9 Å². The Morgan fingerprint density at radius 1 is 1.33 bits per heavy atom. The number of methoxy groups -OCH3 is 1. The molecule has 0 aliphatic carbocycles. The molecule has 2 unspecified atom stereocenters. The molecule has 6 nitrogen and oxygen atoms in total. The first-order chi connectivity index (χ1) is 12.5. The molecule has 152 valence electrons. The van der Waals surface area contributed by atoms with E-state index in [4.69, 9.17) is 4.74 Å². The van der Waals surface area contributed by atoms with Crippen LogP contribution in [0.5, 0.6) is 0 Å². The molecule has 2 rings (SSSR count). The summed E-state index contributed by atoms with van der Waals surface area (Å²) >= 11 is 0. The van der Waals surface area contributed by atoms with Gasteiger partial charge in [-0.25, -0.2) is 0 Å². The van der Waals surface area contributed by atoms with Crippen molar-refractivity contribution in [1.29, 1.82) is 0 Å². The standard InChI is InChI=1S/C20H32N4O2.HI/c1-16-13-24(15-18(16)19(25)26-4)20(21-2)22-11-8-12-23(3)14-17-9-6-5-7-10-17;/h5-7,9-10,16,18H,8,11-15H2,1-4H3,(H,21,22);1H. The SMILES string of the molecule is CN=C(NCCCN(C)Cc1ccccc1)N1CC(C)C(C(=O)OC)C1.I. The predicted molar refractivity (Wildman–Crippen MR) is 120 cm³/mol. The minimum absolute atomic E-state index is 0. The van der Waals surface area contributed by atoms with Crippen molar-refractivity contribution in [2.24, 2.45) is 16.8 Å². The van der Waals surface area contributed by atoms with Gasteiger partial charge in [0.2, 0.25) is 0 Å². The van der Waals surface area contributed by atoms with Crippen LogP contribution in [0.4, 0.5) is 0 Å². The van der Waals surface area contributed by atoms with E-state index in [0.717, 1.165) is 38.6 Å². The Labute approximate surface area is 180 Å². The smallest absolute Gasteiger partial charge is 0.310 e. The van der Waals surface area contributed by atoms with Gasteiger partial charge in [0.05, 0.1) is 13.0 Å². The van der Waals surface area contributed by atoms with Gasteiger partial charge in [0.15, 0.2) is 5.96 Å². The summed E-state index contributed by atoms with van der Waals surface area (Å²) in [5.41, 5.74) is 1.33. The highest BCUT2D eigenvalue weighted by atomic mass is 127. The molecule has 1 fully saturated rings. The zero-order valence-corrected chi connectivity index (χ0v) is 19.2. The number of benzene rings is 1. The lowest BCUT2D eigenvalue weighted by molar-refractivity contribution is -0.145. The lowest BCUT2D eigenvalue weighted by Gasteiger charge is -2.22. The summed E-state index contributed by atoms with van der Waals surface area (Å²) in [6, 6.07) is 10.5. The summed E-state index contributed by atoms with van der Waals surface area (Å²) in [5.74, 6) is 0.945. The first-order valence-electron chi connectivity index (χ1n) is 9.31. The number of esters is 1. The number of aliphatic imine (C=N–C) groups is 1. The lowest BCUT2D eigenvalue weighted by Crippen LogP contribution is -2.41. The van der Waals surface area contributed by atoms with Crippen LogP contribution in [0.3, 0.4) is 0 Å². The molecule has 0 radical (unpaired) electrons. The monoisotopic (exact) mass is 488 g/mol. The molecule has 2 atom stereocenters. The number of nitrogens with zero attached hydrogens (tertiary/aromatic N) is 3. The molecule has 1 saturated heterocycles. The van der Waals surface area contributed by atoms with Crippen molar-refractivity contribution in [2.45, 2.75) is 19.9 Å². The largest absolute Gasteiger partial charge is 0.469 e. The summed E-state index contributed by atoms with van der Waals surface area (Å²) in [6.45, 7) is 6.42. The Hall–Kier alpha value is -1.35. The number of halogens is 1. The van der Waals surface area contributed by atoms with E-state index in [9.17, 15) is 4.79 Å². The molecule has 1 aliphatic rings. The van der Waals surface area contributed by atoms with Crippen LogP contribution >= 0.6 is 24.0 Å². The van der Waals surface area contributed by atoms with Crippen LogP contribution in [0.1, 0.15) is 18.9 Å². The third kappa shape index (κ3) is 7.29. The molecule has 0 aromatic heterocycles. The Kier molecular flexibility index (Phi) is 10.7. The van der Waals surface area contributed by atoms with E-state index >= 15 is 0 Å². The number of rotatable bonds is 7. The van der Waals surface area contributed by atoms with Crippen LogP contribution < -0.4 is 5.32 Å². The summed E-state index contributed by atoms with van der Waals surface area (Å²) in [6.07, 6.45) is 1.03. The quantitative estimate of drug-likeness (QED) is 0.210. The predicted octanol–water partition coefficient (Wildman–Crippen LogP) is 2.44. The number of ether oxygens (including phenoxy) is 1. The van der Waals surface area contributed by atoms with Crippen molar-refractivity contribution in [3.05, 3.63) is 35.9 Å². The molecule has 1 aromatic carbocycles. The normalized spacial score (nSPS) is 19.7. The summed E-state index contributed by atoms with van der Waals surface area (Å²) in [7, 11) is 5.39. The molecule has 1 aromatic rings. The Balaban J connectivity index is 0.00000364. The Morgan fingerprint density at radius 3 is 2.67 bits per heavy atom. The fraction of sp³-hybridized carbons (Fsp3) is 0.600. The molecule has 0 amide bonds. The maximum absolute atomic E-state index is 11.9. The lowest BCUT2D eigenvalue weighted by atomic mass is 9.99. The van der Waals surface area contributed by atoms with E-state index in [1.54, 1.807) is 7.05 Å². The van der Waals surface area contributed by atoms with Crippen molar-refractivity contribution in [3.63, 3.8) is 0 Å². The van der Waals surface area contributed by atoms with Crippen molar-refractivity contribution in [3.8, 4) is 0 Å². The maximum atomic E-state index is 11.9. The highest BCUT2D eigenvalue weighted by Gasteiger charge is 2.36. The van der Waals surface area contributed by atoms with Crippen molar-refractivity contribution < 1.29 is 9.53 Å². The fourth-order valence-electron chi connectivity index (χ4n) is 3.45. The van der Waals surface area contributed by atoms with Crippen LogP contribution in [0, 0.1) is 11.8 Å². The number of nitrogens with one attached hydrogen (secondary N) is 1. The molecule has 0 spiro atoms. The minimum Gasteiger partial charge on any atom is -0.469 e. The molecule has 7 heteroatoms. The number of carbonyl (C=O) groups excluding carboxylic acids is 1. The highest BCUT2D eigenvalue weighted by Crippen LogP contribution is 2.24. The average molecular weight is 488 g/mol. The number of guanidine groups is 1. The number of likely N-dealkylation sites (tertiary alicyclic amines) is 1. The second kappa shape index (κ2) is 12.2. The summed E-state index contributed by atoms with van der Waals surface area (Å²) < 4.78 is 4.91. The molecule has 0 bridgehead atoms. The maximum Gasteiger partial charge on any atom is 0.310 e. The second-order valence-electron chi connectivity index (χ2n) is 7.06. The average Bonchev–Trinajstić information content (AvgIpc) is 3.03. The van der Waals surface area contributed by atoms with Crippen LogP contribution in [0.15, 0.2) is 35.3 Å². The third-order valence-electron chi connectivity index (χ3n) is 4.92. The number of hydrogen-bond acceptors (Lipinski definition) is 4. The van der Waals surface area contributed by atoms with Crippen molar-refractivity contribution in [2.75, 3.05) is 47.4 Å². The van der Waals surface area contributed by atoms with E-state index < -0.39 is 0 Å². The number of hydrogen-bond donors (Lipinski definition) is 1. The van der Waals surface area contributed by atoms with Gasteiger partial charge in [0.25, 0.3) is 0 Å². The van der Waals surface area contributed by atoms with Gasteiger partial charge in [-0.15, -0.1) is 24.0 Å². The minimum atomic E-state index is -0.127. The van der Waals surface area contributed by atoms with Gasteiger partial charge in [-0.1, -0.05) is 37.3 Å². The molecule has 1 aliphatic heterocycles. The summed E-state index contributed by atoms with van der Waals surface area (Å²) in [4.78, 5) is 20.7. The van der Waals surface area contributed by atoms with Gasteiger partial charge in [0.1, 0.15) is 0 Å². The first-order valence-corrected chi connectivity index (χ1v) is 9.31. The number of carbonyl (C=O) groups is 1. The van der Waals surface area contributed by atoms with E-state index in [1.165, 1.54) is 12.7 Å². The highest BCUT2D eigenvalue weighted by molar-refractivity contribution is 14.0. The molecule has 1 N–H and O–H groups in total. The van der Waals surface area contributed by atoms with Crippen molar-refractivity contribution in [1.82, 2.24) is 15.1 Å². The summed E-state index contributed by atoms with van der Waals surface area (Å²) in [5, 5.41) is 3.43. The Morgan fingerprint density at radius 2 is 2.04 bits per heavy atom. The Bertz CT molecular complexity index is 597. The molecule has 27 heavy (non-hydrogen) atoms. The van der Waals surface area contributed by atoms with E-state index in [1.807, 2.05) is 6.07 Å². The van der Waals surface area contributed by atoms with Crippen LogP contribution in [0.2, 0.25) is 0 Å². The zero-order chi connectivity index (χ0) is 18.9. The molecular formula is C20H33IN4O2. The first kappa shape index (κ1) is 23.7. The molecule has 0 saturated carbocycles. The second-order valence-corrected chi connectivity index (χ2v) is 7.06. The molecule has 1 heterocycles.